The van der Waals surface area contributed by atoms with Gasteiger partial charge in [-0.25, -0.2) is 0 Å². The number of ether oxygens (including phenoxy) is 1. The SMILES string of the molecule is CCOc1cc(CCCN2CCN(C)CC2)ccc1N1CCCC1. The van der Waals surface area contributed by atoms with Crippen LogP contribution in [0.4, 0.5) is 5.69 Å². The molecular weight excluding hydrogens is 298 g/mol. The molecule has 2 aliphatic rings. The van der Waals surface area contributed by atoms with Crippen LogP contribution in [-0.4, -0.2) is 69.3 Å². The van der Waals surface area contributed by atoms with E-state index < -0.39 is 0 Å². The van der Waals surface area contributed by atoms with Crippen LogP contribution in [0, 0.1) is 0 Å². The fraction of sp³-hybridized carbons (Fsp3) is 0.700. The minimum absolute atomic E-state index is 0.742. The van der Waals surface area contributed by atoms with Crippen LogP contribution >= 0.6 is 0 Å². The molecule has 4 nitrogen and oxygen atoms in total. The molecule has 4 heteroatoms. The lowest BCUT2D eigenvalue weighted by Gasteiger charge is -2.32. The fourth-order valence-corrected chi connectivity index (χ4v) is 3.78. The van der Waals surface area contributed by atoms with Gasteiger partial charge in [-0.3, -0.25) is 0 Å². The van der Waals surface area contributed by atoms with Crippen molar-refractivity contribution in [3.63, 3.8) is 0 Å². The summed E-state index contributed by atoms with van der Waals surface area (Å²) in [5, 5.41) is 0. The van der Waals surface area contributed by atoms with Crippen molar-refractivity contribution >= 4 is 5.69 Å². The molecule has 1 aromatic carbocycles. The Bertz CT molecular complexity index is 506. The van der Waals surface area contributed by atoms with Gasteiger partial charge in [0.25, 0.3) is 0 Å². The van der Waals surface area contributed by atoms with E-state index in [1.54, 1.807) is 0 Å². The lowest BCUT2D eigenvalue weighted by Crippen LogP contribution is -2.44. The Morgan fingerprint density at radius 2 is 1.75 bits per heavy atom. The van der Waals surface area contributed by atoms with Gasteiger partial charge in [-0.1, -0.05) is 6.07 Å². The van der Waals surface area contributed by atoms with Crippen molar-refractivity contribution < 1.29 is 4.74 Å². The van der Waals surface area contributed by atoms with Gasteiger partial charge >= 0.3 is 0 Å². The topological polar surface area (TPSA) is 19.0 Å². The average Bonchev–Trinajstić information content (AvgIpc) is 3.12. The zero-order valence-electron chi connectivity index (χ0n) is 15.5. The van der Waals surface area contributed by atoms with E-state index in [-0.39, 0.29) is 0 Å². The van der Waals surface area contributed by atoms with Gasteiger partial charge in [0.05, 0.1) is 12.3 Å². The molecule has 2 aliphatic heterocycles. The molecule has 0 saturated carbocycles. The summed E-state index contributed by atoms with van der Waals surface area (Å²) in [6.07, 6.45) is 4.99. The molecule has 0 N–H and O–H groups in total. The van der Waals surface area contributed by atoms with Gasteiger partial charge in [-0.2, -0.15) is 0 Å². The van der Waals surface area contributed by atoms with Crippen molar-refractivity contribution in [2.45, 2.75) is 32.6 Å². The number of rotatable bonds is 7. The number of benzene rings is 1. The summed E-state index contributed by atoms with van der Waals surface area (Å²) in [5.41, 5.74) is 2.70. The van der Waals surface area contributed by atoms with E-state index in [1.165, 1.54) is 76.3 Å². The first-order chi connectivity index (χ1) is 11.8. The van der Waals surface area contributed by atoms with Crippen LogP contribution in [0.1, 0.15) is 31.7 Å². The zero-order valence-corrected chi connectivity index (χ0v) is 15.5. The van der Waals surface area contributed by atoms with Crippen LogP contribution in [0.3, 0.4) is 0 Å². The smallest absolute Gasteiger partial charge is 0.142 e. The second kappa shape index (κ2) is 8.72. The van der Waals surface area contributed by atoms with Crippen LogP contribution < -0.4 is 9.64 Å². The summed E-state index contributed by atoms with van der Waals surface area (Å²) in [7, 11) is 2.22. The Hall–Kier alpha value is -1.26. The number of likely N-dealkylation sites (N-methyl/N-ethyl adjacent to an activating group) is 1. The maximum atomic E-state index is 5.94. The molecule has 1 aromatic rings. The van der Waals surface area contributed by atoms with E-state index in [0.29, 0.717) is 0 Å². The monoisotopic (exact) mass is 331 g/mol. The first-order valence-corrected chi connectivity index (χ1v) is 9.68. The average molecular weight is 332 g/mol. The van der Waals surface area contributed by atoms with Crippen molar-refractivity contribution in [2.75, 3.05) is 64.4 Å². The van der Waals surface area contributed by atoms with Crippen molar-refractivity contribution in [3.8, 4) is 5.75 Å². The van der Waals surface area contributed by atoms with Gasteiger partial charge in [-0.15, -0.1) is 0 Å². The summed E-state index contributed by atoms with van der Waals surface area (Å²) in [6.45, 7) is 11.2. The fourth-order valence-electron chi connectivity index (χ4n) is 3.78. The van der Waals surface area contributed by atoms with Crippen LogP contribution in [0.2, 0.25) is 0 Å². The van der Waals surface area contributed by atoms with E-state index in [2.05, 4.69) is 46.9 Å². The predicted octanol–water partition coefficient (Wildman–Crippen LogP) is 2.87. The molecule has 3 rings (SSSR count). The molecule has 24 heavy (non-hydrogen) atoms. The van der Waals surface area contributed by atoms with Crippen LogP contribution in [0.25, 0.3) is 0 Å². The largest absolute Gasteiger partial charge is 0.492 e. The summed E-state index contributed by atoms with van der Waals surface area (Å²) < 4.78 is 5.94. The number of nitrogens with zero attached hydrogens (tertiary/aromatic N) is 3. The van der Waals surface area contributed by atoms with Crippen LogP contribution in [0.15, 0.2) is 18.2 Å². The van der Waals surface area contributed by atoms with Gasteiger partial charge in [0, 0.05) is 39.3 Å². The highest BCUT2D eigenvalue weighted by Gasteiger charge is 2.17. The van der Waals surface area contributed by atoms with Crippen LogP contribution in [-0.2, 0) is 6.42 Å². The highest BCUT2D eigenvalue weighted by atomic mass is 16.5. The third-order valence-corrected chi connectivity index (χ3v) is 5.31. The van der Waals surface area contributed by atoms with E-state index in [4.69, 9.17) is 4.74 Å². The third kappa shape index (κ3) is 4.64. The van der Waals surface area contributed by atoms with Gasteiger partial charge < -0.3 is 19.4 Å². The van der Waals surface area contributed by atoms with Crippen molar-refractivity contribution in [3.05, 3.63) is 23.8 Å². The summed E-state index contributed by atoms with van der Waals surface area (Å²) in [6, 6.07) is 6.86. The highest BCUT2D eigenvalue weighted by Crippen LogP contribution is 2.32. The maximum absolute atomic E-state index is 5.94. The van der Waals surface area contributed by atoms with Gasteiger partial charge in [0.2, 0.25) is 0 Å². The summed E-state index contributed by atoms with van der Waals surface area (Å²) >= 11 is 0. The molecule has 0 amide bonds. The minimum atomic E-state index is 0.742. The normalized spacial score (nSPS) is 19.8. The standard InChI is InChI=1S/C20H33N3O/c1-3-24-20-17-18(8-9-19(20)23-11-4-5-12-23)7-6-10-22-15-13-21(2)14-16-22/h8-9,17H,3-7,10-16H2,1-2H3. The molecule has 2 fully saturated rings. The number of piperazine rings is 1. The third-order valence-electron chi connectivity index (χ3n) is 5.31. The van der Waals surface area contributed by atoms with Crippen molar-refractivity contribution in [1.29, 1.82) is 0 Å². The van der Waals surface area contributed by atoms with E-state index in [9.17, 15) is 0 Å². The Labute approximate surface area is 147 Å². The molecule has 0 aromatic heterocycles. The molecule has 0 spiro atoms. The Morgan fingerprint density at radius 3 is 2.46 bits per heavy atom. The Morgan fingerprint density at radius 1 is 1.00 bits per heavy atom. The molecule has 0 aliphatic carbocycles. The number of hydrogen-bond acceptors (Lipinski definition) is 4. The quantitative estimate of drug-likeness (QED) is 0.765. The molecule has 134 valence electrons. The van der Waals surface area contributed by atoms with Crippen molar-refractivity contribution in [1.82, 2.24) is 9.80 Å². The molecule has 0 bridgehead atoms. The maximum Gasteiger partial charge on any atom is 0.142 e. The van der Waals surface area contributed by atoms with Gasteiger partial charge in [-0.05, 0) is 63.9 Å². The van der Waals surface area contributed by atoms with E-state index in [0.717, 1.165) is 18.8 Å². The van der Waals surface area contributed by atoms with Crippen LogP contribution in [0.5, 0.6) is 5.75 Å². The molecule has 0 radical (unpaired) electrons. The van der Waals surface area contributed by atoms with E-state index >= 15 is 0 Å². The lowest BCUT2D eigenvalue weighted by molar-refractivity contribution is 0.153. The second-order valence-electron chi connectivity index (χ2n) is 7.18. The zero-order chi connectivity index (χ0) is 16.8. The molecule has 0 unspecified atom stereocenters. The Kier molecular flexibility index (Phi) is 6.38. The second-order valence-corrected chi connectivity index (χ2v) is 7.18. The molecule has 2 heterocycles. The molecule has 0 atom stereocenters. The number of anilines is 1. The van der Waals surface area contributed by atoms with Gasteiger partial charge in [0.15, 0.2) is 0 Å². The predicted molar refractivity (Wildman–Crippen MR) is 101 cm³/mol. The number of aryl methyl sites for hydroxylation is 1. The lowest BCUT2D eigenvalue weighted by atomic mass is 10.1. The molecular formula is C20H33N3O. The first kappa shape index (κ1) is 17.6. The summed E-state index contributed by atoms with van der Waals surface area (Å²) in [4.78, 5) is 7.49. The highest BCUT2D eigenvalue weighted by molar-refractivity contribution is 5.60. The first-order valence-electron chi connectivity index (χ1n) is 9.68. The number of hydrogen-bond donors (Lipinski definition) is 0. The minimum Gasteiger partial charge on any atom is -0.492 e. The Balaban J connectivity index is 1.54. The summed E-state index contributed by atoms with van der Waals surface area (Å²) in [5.74, 6) is 1.08. The van der Waals surface area contributed by atoms with E-state index in [1.807, 2.05) is 0 Å². The van der Waals surface area contributed by atoms with Gasteiger partial charge in [0.1, 0.15) is 5.75 Å². The molecule has 2 saturated heterocycles. The van der Waals surface area contributed by atoms with Crippen molar-refractivity contribution in [2.24, 2.45) is 0 Å².